The Balaban J connectivity index is 0.000000246. The largest absolute Gasteiger partial charge is 0.350 e. The first kappa shape index (κ1) is 58.9. The SMILES string of the molecule is CC(C)(C)[S@](=O)C[C@H](Cc1cc(F)c(F)cc1F)C1C[C@H]2CC[C@@H](C1)N2S(=O)(=O)CCN.Cc1cnc(C(=O)NCCS(=O)(=O)N2[C@@H]3CC[C@H]2CC([C@@H](Cc2cc(F)c(F)cc2F)C[S@@](=O)C(C)(C)C)C3)cn1. The van der Waals surface area contributed by atoms with Crippen LogP contribution >= 0.6 is 0 Å². The highest BCUT2D eigenvalue weighted by molar-refractivity contribution is 7.89. The van der Waals surface area contributed by atoms with Crippen LogP contribution in [-0.2, 0) is 54.5 Å². The summed E-state index contributed by atoms with van der Waals surface area (Å²) in [5.74, 6) is -7.36. The standard InChI is InChI=1S/C28H37F3N4O4S2.C22H33F3N2O3S2/c1-17-14-34-26(15-33-17)27(36)32-7-8-41(38,39)35-21-5-6-22(35)11-18(10-21)20(16-40(37)28(2,3)4)9-19-12-24(30)25(31)13-23(19)29;1-22(2,3)31(28)13-16(8-15-11-20(24)21(25)12-19(15)23)14-9-17-4-5-18(10-14)27(17)32(29,30)7-6-26/h12-15,18,20-22H,5-11,16H2,1-4H3,(H,32,36);11-12,14,16-18H,4-10,13,26H2,1-3H3/t18?,20-,21-,22+,40+;14?,16-,17-,18+,31+/m00/s1. The molecule has 0 saturated carbocycles. The minimum atomic E-state index is -3.70. The number of nitrogens with two attached hydrogens (primary N) is 1. The molecule has 0 spiro atoms. The molecule has 3 N–H and O–H groups in total. The number of halogens is 6. The van der Waals surface area contributed by atoms with Gasteiger partial charge in [0.25, 0.3) is 5.91 Å². The zero-order chi connectivity index (χ0) is 54.0. The van der Waals surface area contributed by atoms with E-state index in [9.17, 15) is 56.4 Å². The molecule has 3 aromatic rings. The van der Waals surface area contributed by atoms with Crippen molar-refractivity contribution in [3.8, 4) is 0 Å². The van der Waals surface area contributed by atoms with Gasteiger partial charge in [0.15, 0.2) is 23.3 Å². The van der Waals surface area contributed by atoms with Crippen LogP contribution in [0.3, 0.4) is 0 Å². The van der Waals surface area contributed by atoms with Crippen LogP contribution in [0.2, 0.25) is 0 Å². The number of amides is 1. The van der Waals surface area contributed by atoms with Gasteiger partial charge in [0.1, 0.15) is 17.3 Å². The van der Waals surface area contributed by atoms with Crippen LogP contribution in [0.1, 0.15) is 120 Å². The first-order valence-corrected chi connectivity index (χ1v) is 30.7. The van der Waals surface area contributed by atoms with Gasteiger partial charge in [-0.1, -0.05) is 0 Å². The highest BCUT2D eigenvalue weighted by atomic mass is 32.2. The van der Waals surface area contributed by atoms with Crippen molar-refractivity contribution in [2.75, 3.05) is 36.1 Å². The summed E-state index contributed by atoms with van der Waals surface area (Å²) >= 11 is 0. The van der Waals surface area contributed by atoms with E-state index in [1.807, 2.05) is 41.5 Å². The highest BCUT2D eigenvalue weighted by Crippen LogP contribution is 2.46. The Morgan fingerprint density at radius 1 is 0.644 bits per heavy atom. The summed E-state index contributed by atoms with van der Waals surface area (Å²) in [6, 6.07) is 1.96. The van der Waals surface area contributed by atoms with Gasteiger partial charge in [0.05, 0.1) is 23.4 Å². The number of nitrogens with zero attached hydrogens (tertiary/aromatic N) is 4. The lowest BCUT2D eigenvalue weighted by molar-refractivity contribution is 0.0950. The number of hydrogen-bond acceptors (Lipinski definition) is 10. The molecule has 4 aliphatic rings. The van der Waals surface area contributed by atoms with Crippen molar-refractivity contribution in [2.45, 2.75) is 146 Å². The number of carbonyl (C=O) groups is 1. The van der Waals surface area contributed by atoms with Crippen LogP contribution in [-0.4, -0.2) is 120 Å². The van der Waals surface area contributed by atoms with Crippen molar-refractivity contribution in [1.82, 2.24) is 23.9 Å². The van der Waals surface area contributed by atoms with Crippen LogP contribution in [0.4, 0.5) is 26.3 Å². The van der Waals surface area contributed by atoms with Gasteiger partial charge in [-0.3, -0.25) is 18.2 Å². The molecule has 4 bridgehead atoms. The second-order valence-corrected chi connectivity index (χ2v) is 30.5. The summed E-state index contributed by atoms with van der Waals surface area (Å²) in [4.78, 5) is 20.4. The molecule has 0 aliphatic carbocycles. The molecular formula is C50H70F6N6O7S4. The zero-order valence-electron chi connectivity index (χ0n) is 42.5. The van der Waals surface area contributed by atoms with Crippen LogP contribution < -0.4 is 11.1 Å². The van der Waals surface area contributed by atoms with Gasteiger partial charge in [-0.25, -0.2) is 48.2 Å². The number of carbonyl (C=O) groups excluding carboxylic acids is 1. The molecule has 4 saturated heterocycles. The number of hydrogen-bond donors (Lipinski definition) is 2. The number of nitrogens with one attached hydrogen (secondary N) is 1. The monoisotopic (exact) mass is 1110 g/mol. The minimum Gasteiger partial charge on any atom is -0.350 e. The van der Waals surface area contributed by atoms with E-state index in [4.69, 9.17) is 5.73 Å². The maximum absolute atomic E-state index is 14.6. The summed E-state index contributed by atoms with van der Waals surface area (Å²) in [6.45, 7) is 12.9. The molecule has 2 aromatic carbocycles. The summed E-state index contributed by atoms with van der Waals surface area (Å²) < 4.78 is 164. The Labute approximate surface area is 431 Å². The molecular weight excluding hydrogens is 1040 g/mol. The number of sulfonamides is 2. The maximum Gasteiger partial charge on any atom is 0.271 e. The van der Waals surface area contributed by atoms with E-state index in [2.05, 4.69) is 15.3 Å². The Hall–Kier alpha value is -3.35. The minimum absolute atomic E-state index is 0.00985. The van der Waals surface area contributed by atoms with Crippen LogP contribution in [0.5, 0.6) is 0 Å². The molecule has 73 heavy (non-hydrogen) atoms. The molecule has 4 fully saturated rings. The Morgan fingerprint density at radius 3 is 1.38 bits per heavy atom. The topological polar surface area (TPSA) is 190 Å². The number of rotatable bonds is 18. The first-order chi connectivity index (χ1) is 34.0. The summed E-state index contributed by atoms with van der Waals surface area (Å²) in [6.07, 6.45) is 7.99. The van der Waals surface area contributed by atoms with Gasteiger partial charge in [-0.15, -0.1) is 0 Å². The maximum atomic E-state index is 14.6. The lowest BCUT2D eigenvalue weighted by Gasteiger charge is -2.41. The van der Waals surface area contributed by atoms with E-state index < -0.39 is 92.0 Å². The lowest BCUT2D eigenvalue weighted by atomic mass is 9.79. The van der Waals surface area contributed by atoms with Crippen molar-refractivity contribution in [1.29, 1.82) is 0 Å². The van der Waals surface area contributed by atoms with Gasteiger partial charge in [-0.05, 0) is 160 Å². The van der Waals surface area contributed by atoms with Crippen molar-refractivity contribution in [3.63, 3.8) is 0 Å². The summed E-state index contributed by atoms with van der Waals surface area (Å²) in [5.41, 5.74) is 6.34. The Morgan fingerprint density at radius 2 is 1.03 bits per heavy atom. The highest BCUT2D eigenvalue weighted by Gasteiger charge is 2.50. The van der Waals surface area contributed by atoms with E-state index in [0.29, 0.717) is 62.1 Å². The van der Waals surface area contributed by atoms with Crippen molar-refractivity contribution >= 4 is 47.6 Å². The summed E-state index contributed by atoms with van der Waals surface area (Å²) in [7, 11) is -9.66. The molecule has 10 atom stereocenters. The lowest BCUT2D eigenvalue weighted by Crippen LogP contribution is -2.50. The average molecular weight is 1110 g/mol. The van der Waals surface area contributed by atoms with Gasteiger partial charge in [0.2, 0.25) is 20.0 Å². The predicted molar refractivity (Wildman–Crippen MR) is 271 cm³/mol. The first-order valence-electron chi connectivity index (χ1n) is 24.8. The van der Waals surface area contributed by atoms with Crippen molar-refractivity contribution in [3.05, 3.63) is 94.1 Å². The summed E-state index contributed by atoms with van der Waals surface area (Å²) in [5, 5.41) is 2.59. The second-order valence-electron chi connectivity index (χ2n) is 22.0. The second kappa shape index (κ2) is 23.9. The molecule has 4 aliphatic heterocycles. The average Bonchev–Trinajstić information content (AvgIpc) is 3.75. The van der Waals surface area contributed by atoms with Crippen LogP contribution in [0, 0.1) is 65.5 Å². The molecule has 0 radical (unpaired) electrons. The van der Waals surface area contributed by atoms with E-state index in [1.54, 1.807) is 15.5 Å². The van der Waals surface area contributed by atoms with Gasteiger partial charge in [-0.2, -0.15) is 8.61 Å². The fourth-order valence-corrected chi connectivity index (χ4v) is 17.1. The van der Waals surface area contributed by atoms with E-state index in [-0.39, 0.29) is 108 Å². The smallest absolute Gasteiger partial charge is 0.271 e. The van der Waals surface area contributed by atoms with Gasteiger partial charge >= 0.3 is 0 Å². The van der Waals surface area contributed by atoms with E-state index >= 15 is 0 Å². The third-order valence-electron chi connectivity index (χ3n) is 14.7. The normalized spacial score (nSPS) is 24.4. The fourth-order valence-electron chi connectivity index (χ4n) is 10.9. The van der Waals surface area contributed by atoms with Crippen molar-refractivity contribution < 1.29 is 56.4 Å². The van der Waals surface area contributed by atoms with Gasteiger partial charge < -0.3 is 11.1 Å². The van der Waals surface area contributed by atoms with Crippen LogP contribution in [0.25, 0.3) is 0 Å². The van der Waals surface area contributed by atoms with Gasteiger partial charge in [0, 0.05) is 98.2 Å². The predicted octanol–water partition coefficient (Wildman–Crippen LogP) is 7.25. The Bertz CT molecular complexity index is 2700. The number of benzene rings is 2. The number of fused-ring (bicyclic) bond motifs is 4. The number of aryl methyl sites for hydroxylation is 1. The van der Waals surface area contributed by atoms with Crippen molar-refractivity contribution in [2.24, 2.45) is 29.4 Å². The van der Waals surface area contributed by atoms with E-state index in [1.165, 1.54) is 12.4 Å². The third kappa shape index (κ3) is 14.8. The molecule has 13 nitrogen and oxygen atoms in total. The number of aromatic nitrogens is 2. The molecule has 408 valence electrons. The van der Waals surface area contributed by atoms with Crippen LogP contribution in [0.15, 0.2) is 36.7 Å². The molecule has 5 heterocycles. The molecule has 23 heteroatoms. The molecule has 1 aromatic heterocycles. The molecule has 2 unspecified atom stereocenters. The molecule has 1 amide bonds. The molecule has 7 rings (SSSR count). The zero-order valence-corrected chi connectivity index (χ0v) is 45.8. The van der Waals surface area contributed by atoms with E-state index in [0.717, 1.165) is 25.0 Å². The fraction of sp³-hybridized carbons (Fsp3) is 0.660. The Kier molecular flexibility index (Phi) is 19.3. The quantitative estimate of drug-likeness (QED) is 0.0970. The number of piperidine rings is 2. The third-order valence-corrected chi connectivity index (χ3v) is 22.8.